The second-order valence-electron chi connectivity index (χ2n) is 3.53. The van der Waals surface area contributed by atoms with Gasteiger partial charge in [-0.15, -0.1) is 0 Å². The summed E-state index contributed by atoms with van der Waals surface area (Å²) in [5, 5.41) is 8.76. The van der Waals surface area contributed by atoms with Crippen LogP contribution in [-0.4, -0.2) is 53.0 Å². The quantitative estimate of drug-likeness (QED) is 0.552. The smallest absolute Gasteiger partial charge is 0.331 e. The molecular formula is C10H14N2O4. The van der Waals surface area contributed by atoms with E-state index in [0.717, 1.165) is 4.90 Å². The van der Waals surface area contributed by atoms with Gasteiger partial charge in [-0.1, -0.05) is 13.0 Å². The number of amides is 3. The lowest BCUT2D eigenvalue weighted by molar-refractivity contribution is -0.133. The molecule has 1 fully saturated rings. The molecule has 0 aromatic rings. The van der Waals surface area contributed by atoms with Crippen LogP contribution < -0.4 is 0 Å². The highest BCUT2D eigenvalue weighted by atomic mass is 16.4. The number of likely N-dealkylation sites (N-methyl/N-ethyl adjacent to an activating group) is 1. The molecule has 1 heterocycles. The number of carboxylic acid groups (broad SMARTS) is 1. The molecule has 0 bridgehead atoms. The summed E-state index contributed by atoms with van der Waals surface area (Å²) >= 11 is 0. The Kier molecular flexibility index (Phi) is 3.65. The van der Waals surface area contributed by atoms with Crippen molar-refractivity contribution in [2.24, 2.45) is 0 Å². The van der Waals surface area contributed by atoms with E-state index in [1.54, 1.807) is 6.92 Å². The zero-order valence-corrected chi connectivity index (χ0v) is 9.27. The molecule has 0 saturated carbocycles. The highest BCUT2D eigenvalue weighted by Gasteiger charge is 2.32. The Morgan fingerprint density at radius 1 is 1.50 bits per heavy atom. The van der Waals surface area contributed by atoms with E-state index in [1.165, 1.54) is 18.0 Å². The monoisotopic (exact) mass is 226 g/mol. The molecule has 0 aromatic carbocycles. The van der Waals surface area contributed by atoms with E-state index in [2.05, 4.69) is 0 Å². The van der Waals surface area contributed by atoms with Crippen molar-refractivity contribution in [2.75, 3.05) is 20.1 Å². The summed E-state index contributed by atoms with van der Waals surface area (Å²) in [4.78, 5) is 35.8. The van der Waals surface area contributed by atoms with Crippen LogP contribution in [0.3, 0.4) is 0 Å². The number of hydrogen-bond acceptors (Lipinski definition) is 3. The molecule has 16 heavy (non-hydrogen) atoms. The van der Waals surface area contributed by atoms with Gasteiger partial charge in [-0.2, -0.15) is 0 Å². The fourth-order valence-corrected chi connectivity index (χ4v) is 1.43. The summed E-state index contributed by atoms with van der Waals surface area (Å²) in [6.45, 7) is 1.79. The molecule has 0 atom stereocenters. The van der Waals surface area contributed by atoms with Crippen molar-refractivity contribution in [1.29, 1.82) is 0 Å². The number of carbonyl (C=O) groups is 3. The average molecular weight is 226 g/mol. The van der Waals surface area contributed by atoms with Gasteiger partial charge in [0.15, 0.2) is 0 Å². The molecule has 1 aliphatic heterocycles. The van der Waals surface area contributed by atoms with Crippen molar-refractivity contribution < 1.29 is 19.5 Å². The first kappa shape index (κ1) is 12.2. The van der Waals surface area contributed by atoms with Gasteiger partial charge in [-0.3, -0.25) is 9.69 Å². The van der Waals surface area contributed by atoms with Crippen LogP contribution in [0.15, 0.2) is 11.6 Å². The molecule has 88 valence electrons. The van der Waals surface area contributed by atoms with Crippen molar-refractivity contribution in [3.8, 4) is 0 Å². The van der Waals surface area contributed by atoms with Crippen LogP contribution in [0.25, 0.3) is 0 Å². The topological polar surface area (TPSA) is 77.9 Å². The van der Waals surface area contributed by atoms with Gasteiger partial charge in [0.1, 0.15) is 6.54 Å². The lowest BCUT2D eigenvalue weighted by Crippen LogP contribution is -2.32. The Bertz CT molecular complexity index is 362. The second-order valence-corrected chi connectivity index (χ2v) is 3.53. The van der Waals surface area contributed by atoms with Crippen LogP contribution in [0.4, 0.5) is 4.79 Å². The fourth-order valence-electron chi connectivity index (χ4n) is 1.43. The Balaban J connectivity index is 2.71. The predicted molar refractivity (Wildman–Crippen MR) is 55.7 cm³/mol. The number of carbonyl (C=O) groups excluding carboxylic acids is 2. The third-order valence-corrected chi connectivity index (χ3v) is 2.41. The number of rotatable bonds is 4. The van der Waals surface area contributed by atoms with Crippen LogP contribution in [0, 0.1) is 0 Å². The fraction of sp³-hybridized carbons (Fsp3) is 0.500. The first-order chi connectivity index (χ1) is 7.47. The molecule has 0 aromatic heterocycles. The predicted octanol–water partition coefficient (Wildman–Crippen LogP) is 0.301. The molecule has 6 heteroatoms. The number of carboxylic acids is 1. The van der Waals surface area contributed by atoms with E-state index in [1.807, 2.05) is 0 Å². The van der Waals surface area contributed by atoms with Crippen LogP contribution in [0.5, 0.6) is 0 Å². The van der Waals surface area contributed by atoms with Crippen molar-refractivity contribution in [1.82, 2.24) is 9.80 Å². The number of urea groups is 1. The lowest BCUT2D eigenvalue weighted by Gasteiger charge is -2.11. The van der Waals surface area contributed by atoms with Gasteiger partial charge in [0.25, 0.3) is 5.91 Å². The minimum Gasteiger partial charge on any atom is -0.478 e. The SMILES string of the molecule is CCC(=CCN1C(=O)CN(C)C1=O)C(=O)O. The summed E-state index contributed by atoms with van der Waals surface area (Å²) in [6, 6.07) is -0.387. The Morgan fingerprint density at radius 2 is 2.12 bits per heavy atom. The molecule has 1 N–H and O–H groups in total. The highest BCUT2D eigenvalue weighted by molar-refractivity contribution is 6.02. The van der Waals surface area contributed by atoms with E-state index in [4.69, 9.17) is 5.11 Å². The van der Waals surface area contributed by atoms with Crippen LogP contribution in [0.1, 0.15) is 13.3 Å². The van der Waals surface area contributed by atoms with E-state index >= 15 is 0 Å². The van der Waals surface area contributed by atoms with Gasteiger partial charge in [0.2, 0.25) is 0 Å². The maximum atomic E-state index is 11.4. The van der Waals surface area contributed by atoms with Gasteiger partial charge in [-0.25, -0.2) is 9.59 Å². The Morgan fingerprint density at radius 3 is 2.50 bits per heavy atom. The van der Waals surface area contributed by atoms with Crippen LogP contribution >= 0.6 is 0 Å². The van der Waals surface area contributed by atoms with Gasteiger partial charge >= 0.3 is 12.0 Å². The zero-order chi connectivity index (χ0) is 12.3. The summed E-state index contributed by atoms with van der Waals surface area (Å²) < 4.78 is 0. The standard InChI is InChI=1S/C10H14N2O4/c1-3-7(9(14)15)4-5-12-8(13)6-11(2)10(12)16/h4H,3,5-6H2,1-2H3,(H,14,15). The lowest BCUT2D eigenvalue weighted by atomic mass is 10.2. The van der Waals surface area contributed by atoms with Gasteiger partial charge in [0.05, 0.1) is 0 Å². The first-order valence-corrected chi connectivity index (χ1v) is 4.95. The summed E-state index contributed by atoms with van der Waals surface area (Å²) in [6.07, 6.45) is 1.76. The zero-order valence-electron chi connectivity index (χ0n) is 9.27. The molecule has 0 unspecified atom stereocenters. The first-order valence-electron chi connectivity index (χ1n) is 4.95. The van der Waals surface area contributed by atoms with Gasteiger partial charge in [0, 0.05) is 19.2 Å². The molecule has 1 rings (SSSR count). The third kappa shape index (κ3) is 2.39. The van der Waals surface area contributed by atoms with Crippen molar-refractivity contribution in [2.45, 2.75) is 13.3 Å². The number of hydrogen-bond donors (Lipinski definition) is 1. The van der Waals surface area contributed by atoms with E-state index < -0.39 is 5.97 Å². The summed E-state index contributed by atoms with van der Waals surface area (Å²) in [5.74, 6) is -1.32. The molecule has 0 radical (unpaired) electrons. The number of nitrogens with zero attached hydrogens (tertiary/aromatic N) is 2. The van der Waals surface area contributed by atoms with Gasteiger partial charge < -0.3 is 10.0 Å². The van der Waals surface area contributed by atoms with Crippen LogP contribution in [0.2, 0.25) is 0 Å². The molecule has 0 aliphatic carbocycles. The molecule has 3 amide bonds. The van der Waals surface area contributed by atoms with Crippen LogP contribution in [-0.2, 0) is 9.59 Å². The van der Waals surface area contributed by atoms with Crippen molar-refractivity contribution in [3.63, 3.8) is 0 Å². The summed E-state index contributed by atoms with van der Waals surface area (Å²) in [7, 11) is 1.53. The maximum absolute atomic E-state index is 11.4. The normalized spacial score (nSPS) is 17.2. The third-order valence-electron chi connectivity index (χ3n) is 2.41. The minimum absolute atomic E-state index is 0.0253. The maximum Gasteiger partial charge on any atom is 0.331 e. The van der Waals surface area contributed by atoms with E-state index in [9.17, 15) is 14.4 Å². The number of aliphatic carboxylic acids is 1. The second kappa shape index (κ2) is 4.78. The molecular weight excluding hydrogens is 212 g/mol. The minimum atomic E-state index is -1.02. The Hall–Kier alpha value is -1.85. The Labute approximate surface area is 93.1 Å². The van der Waals surface area contributed by atoms with Gasteiger partial charge in [-0.05, 0) is 6.42 Å². The molecule has 1 saturated heterocycles. The average Bonchev–Trinajstić information content (AvgIpc) is 2.44. The van der Waals surface area contributed by atoms with E-state index in [0.29, 0.717) is 6.42 Å². The van der Waals surface area contributed by atoms with Crippen molar-refractivity contribution >= 4 is 17.9 Å². The summed E-state index contributed by atoms with van der Waals surface area (Å²) in [5.41, 5.74) is 0.204. The number of imide groups is 1. The van der Waals surface area contributed by atoms with Crippen molar-refractivity contribution in [3.05, 3.63) is 11.6 Å². The molecule has 0 spiro atoms. The highest BCUT2D eigenvalue weighted by Crippen LogP contribution is 2.09. The van der Waals surface area contributed by atoms with E-state index in [-0.39, 0.29) is 30.6 Å². The molecule has 6 nitrogen and oxygen atoms in total. The molecule has 1 aliphatic rings. The largest absolute Gasteiger partial charge is 0.478 e.